The molecule has 0 aliphatic carbocycles. The van der Waals surface area contributed by atoms with Crippen LogP contribution in [0.3, 0.4) is 0 Å². The van der Waals surface area contributed by atoms with Gasteiger partial charge in [-0.05, 0) is 72.1 Å². The molecule has 2 unspecified atom stereocenters. The summed E-state index contributed by atoms with van der Waals surface area (Å²) in [5.74, 6) is 0.585. The molecule has 0 rings (SSSR count). The highest BCUT2D eigenvalue weighted by Crippen LogP contribution is 2.40. The van der Waals surface area contributed by atoms with E-state index in [2.05, 4.69) is 48.5 Å². The van der Waals surface area contributed by atoms with Gasteiger partial charge in [0.2, 0.25) is 0 Å². The highest BCUT2D eigenvalue weighted by atomic mass is 16.5. The zero-order valence-electron chi connectivity index (χ0n) is 20.0. The van der Waals surface area contributed by atoms with E-state index in [9.17, 15) is 4.79 Å². The first-order chi connectivity index (χ1) is 11.9. The van der Waals surface area contributed by atoms with Gasteiger partial charge in [-0.1, -0.05) is 34.6 Å². The van der Waals surface area contributed by atoms with Gasteiger partial charge in [-0.3, -0.25) is 4.79 Å². The molecule has 0 aromatic rings. The minimum absolute atomic E-state index is 0.0252. The number of nitrogens with two attached hydrogens (primary N) is 1. The average molecular weight is 386 g/mol. The Morgan fingerprint density at radius 2 is 1.41 bits per heavy atom. The van der Waals surface area contributed by atoms with E-state index < -0.39 is 0 Å². The molecule has 0 bridgehead atoms. The Morgan fingerprint density at radius 1 is 0.889 bits per heavy atom. The van der Waals surface area contributed by atoms with Gasteiger partial charge in [0.15, 0.2) is 0 Å². The largest absolute Gasteiger partial charge is 0.375 e. The van der Waals surface area contributed by atoms with Crippen LogP contribution in [0.5, 0.6) is 0 Å². The van der Waals surface area contributed by atoms with Crippen LogP contribution in [-0.4, -0.2) is 36.2 Å². The zero-order chi connectivity index (χ0) is 21.7. The normalized spacial score (nSPS) is 16.3. The number of Topliss-reactive ketones (excluding diaryl/α,β-unsaturated/α-hetero) is 1. The van der Waals surface area contributed by atoms with Crippen molar-refractivity contribution in [2.75, 3.05) is 13.2 Å². The summed E-state index contributed by atoms with van der Waals surface area (Å²) in [4.78, 5) is 11.9. The fraction of sp³-hybridized carbons (Fsp3) is 0.957. The molecule has 2 N–H and O–H groups in total. The molecule has 0 amide bonds. The van der Waals surface area contributed by atoms with Crippen LogP contribution in [0, 0.1) is 16.7 Å². The number of rotatable bonds is 13. The number of hydrogen-bond donors (Lipinski definition) is 1. The smallest absolute Gasteiger partial charge is 0.135 e. The zero-order valence-corrected chi connectivity index (χ0v) is 20.0. The Labute approximate surface area is 168 Å². The minimum Gasteiger partial charge on any atom is -0.375 e. The molecule has 162 valence electrons. The number of carbonyl (C=O) groups is 1. The molecule has 4 nitrogen and oxygen atoms in total. The van der Waals surface area contributed by atoms with Crippen LogP contribution < -0.4 is 5.73 Å². The summed E-state index contributed by atoms with van der Waals surface area (Å²) in [6.07, 6.45) is 2.59. The molecule has 0 aliphatic heterocycles. The molecular weight excluding hydrogens is 338 g/mol. The maximum Gasteiger partial charge on any atom is 0.135 e. The van der Waals surface area contributed by atoms with E-state index in [0.717, 1.165) is 19.3 Å². The first kappa shape index (κ1) is 26.6. The van der Waals surface area contributed by atoms with E-state index in [1.807, 2.05) is 20.8 Å². The Hall–Kier alpha value is -0.450. The molecule has 0 saturated carbocycles. The van der Waals surface area contributed by atoms with Crippen LogP contribution in [0.1, 0.15) is 95.4 Å². The summed E-state index contributed by atoms with van der Waals surface area (Å²) in [6.45, 7) is 24.2. The molecule has 0 radical (unpaired) electrons. The third-order valence-electron chi connectivity index (χ3n) is 5.61. The molecule has 0 spiro atoms. The van der Waals surface area contributed by atoms with Gasteiger partial charge in [-0.15, -0.1) is 0 Å². The van der Waals surface area contributed by atoms with Crippen molar-refractivity contribution in [2.45, 2.75) is 113 Å². The van der Waals surface area contributed by atoms with Gasteiger partial charge in [-0.25, -0.2) is 0 Å². The second-order valence-corrected chi connectivity index (χ2v) is 11.2. The number of ether oxygens (including phenoxy) is 2. The number of ketones is 1. The predicted octanol–water partition coefficient (Wildman–Crippen LogP) is 5.37. The van der Waals surface area contributed by atoms with Gasteiger partial charge in [0.1, 0.15) is 5.78 Å². The molecule has 2 atom stereocenters. The van der Waals surface area contributed by atoms with Gasteiger partial charge in [-0.2, -0.15) is 0 Å². The maximum absolute atomic E-state index is 11.9. The van der Waals surface area contributed by atoms with Crippen LogP contribution in [0.15, 0.2) is 0 Å². The monoisotopic (exact) mass is 385 g/mol. The highest BCUT2D eigenvalue weighted by molar-refractivity contribution is 5.81. The van der Waals surface area contributed by atoms with E-state index in [0.29, 0.717) is 19.1 Å². The Kier molecular flexibility index (Phi) is 9.68. The lowest BCUT2D eigenvalue weighted by atomic mass is 9.69. The molecule has 27 heavy (non-hydrogen) atoms. The summed E-state index contributed by atoms with van der Waals surface area (Å²) in [7, 11) is 0. The first-order valence-electron chi connectivity index (χ1n) is 10.4. The van der Waals surface area contributed by atoms with Gasteiger partial charge in [0, 0.05) is 11.5 Å². The Morgan fingerprint density at radius 3 is 1.85 bits per heavy atom. The van der Waals surface area contributed by atoms with Gasteiger partial charge >= 0.3 is 0 Å². The topological polar surface area (TPSA) is 61.5 Å². The lowest BCUT2D eigenvalue weighted by Crippen LogP contribution is -2.38. The van der Waals surface area contributed by atoms with Crippen molar-refractivity contribution in [3.63, 3.8) is 0 Å². The van der Waals surface area contributed by atoms with Crippen molar-refractivity contribution < 1.29 is 14.3 Å². The molecule has 0 fully saturated rings. The van der Waals surface area contributed by atoms with E-state index in [-0.39, 0.29) is 33.9 Å². The molecular formula is C23H47NO3. The van der Waals surface area contributed by atoms with Crippen molar-refractivity contribution in [1.29, 1.82) is 0 Å². The summed E-state index contributed by atoms with van der Waals surface area (Å²) < 4.78 is 12.3. The standard InChI is InChI=1S/C23H47NO3/c1-17(18(2)24)14-27-22(8,9)12-13-26-23(10,11)16-20(4,5)15-21(6,7)19(3)25/h17-18H,12-16,24H2,1-11H3. The van der Waals surface area contributed by atoms with Crippen LogP contribution in [0.2, 0.25) is 0 Å². The van der Waals surface area contributed by atoms with E-state index >= 15 is 0 Å². The van der Waals surface area contributed by atoms with Crippen LogP contribution >= 0.6 is 0 Å². The fourth-order valence-electron chi connectivity index (χ4n) is 3.74. The van der Waals surface area contributed by atoms with Crippen molar-refractivity contribution >= 4 is 5.78 Å². The van der Waals surface area contributed by atoms with Gasteiger partial charge in [0.25, 0.3) is 0 Å². The SMILES string of the molecule is CC(=O)C(C)(C)CC(C)(C)CC(C)(C)OCCC(C)(C)OCC(C)C(C)N. The van der Waals surface area contributed by atoms with Crippen LogP contribution in [-0.2, 0) is 14.3 Å². The third-order valence-corrected chi connectivity index (χ3v) is 5.61. The van der Waals surface area contributed by atoms with E-state index in [4.69, 9.17) is 15.2 Å². The predicted molar refractivity (Wildman–Crippen MR) is 115 cm³/mol. The van der Waals surface area contributed by atoms with E-state index in [1.165, 1.54) is 0 Å². The molecule has 0 aromatic carbocycles. The van der Waals surface area contributed by atoms with Crippen molar-refractivity contribution in [3.8, 4) is 0 Å². The Balaban J connectivity index is 4.56. The molecule has 0 saturated heterocycles. The maximum atomic E-state index is 11.9. The Bertz CT molecular complexity index is 464. The van der Waals surface area contributed by atoms with Gasteiger partial charge < -0.3 is 15.2 Å². The number of hydrogen-bond acceptors (Lipinski definition) is 4. The molecule has 0 heterocycles. The lowest BCUT2D eigenvalue weighted by molar-refractivity contribution is -0.128. The van der Waals surface area contributed by atoms with E-state index in [1.54, 1.807) is 6.92 Å². The summed E-state index contributed by atoms with van der Waals surface area (Å²) in [5, 5.41) is 0. The number of carbonyl (C=O) groups excluding carboxylic acids is 1. The van der Waals surface area contributed by atoms with Crippen molar-refractivity contribution in [3.05, 3.63) is 0 Å². The first-order valence-corrected chi connectivity index (χ1v) is 10.4. The average Bonchev–Trinajstić information content (AvgIpc) is 2.41. The second kappa shape index (κ2) is 9.84. The third kappa shape index (κ3) is 11.2. The molecule has 0 aliphatic rings. The summed E-state index contributed by atoms with van der Waals surface area (Å²) in [5.41, 5.74) is 5.17. The van der Waals surface area contributed by atoms with Crippen LogP contribution in [0.4, 0.5) is 0 Å². The highest BCUT2D eigenvalue weighted by Gasteiger charge is 2.36. The second-order valence-electron chi connectivity index (χ2n) is 11.2. The lowest BCUT2D eigenvalue weighted by Gasteiger charge is -2.39. The minimum atomic E-state index is -0.299. The molecule has 0 aromatic heterocycles. The fourth-order valence-corrected chi connectivity index (χ4v) is 3.74. The summed E-state index contributed by atoms with van der Waals surface area (Å²) >= 11 is 0. The quantitative estimate of drug-likeness (QED) is 0.463. The molecule has 4 heteroatoms. The van der Waals surface area contributed by atoms with Crippen LogP contribution in [0.25, 0.3) is 0 Å². The van der Waals surface area contributed by atoms with Gasteiger partial charge in [0.05, 0.1) is 24.4 Å². The summed E-state index contributed by atoms with van der Waals surface area (Å²) in [6, 6.07) is 0.137. The van der Waals surface area contributed by atoms with Crippen molar-refractivity contribution in [1.82, 2.24) is 0 Å². The van der Waals surface area contributed by atoms with Crippen molar-refractivity contribution in [2.24, 2.45) is 22.5 Å².